The number of likely N-dealkylation sites (N-methyl/N-ethyl adjacent to an activating group) is 1. The Hall–Kier alpha value is -1.00. The molecule has 0 aromatic heterocycles. The largest absolute Gasteiger partial charge is 0.380 e. The molecule has 0 saturated carbocycles. The van der Waals surface area contributed by atoms with Crippen LogP contribution in [0.1, 0.15) is 32.3 Å². The lowest BCUT2D eigenvalue weighted by atomic mass is 9.97. The zero-order valence-corrected chi connectivity index (χ0v) is 11.9. The minimum atomic E-state index is -0.794. The van der Waals surface area contributed by atoms with E-state index in [9.17, 15) is 8.78 Å². The fraction of sp³-hybridized carbons (Fsp3) is 0.600. The van der Waals surface area contributed by atoms with Crippen LogP contribution in [-0.2, 0) is 11.2 Å². The van der Waals surface area contributed by atoms with Gasteiger partial charge in [-0.2, -0.15) is 0 Å². The zero-order chi connectivity index (χ0) is 14.3. The van der Waals surface area contributed by atoms with Gasteiger partial charge in [0.15, 0.2) is 11.6 Å². The zero-order valence-electron chi connectivity index (χ0n) is 11.9. The highest BCUT2D eigenvalue weighted by Gasteiger charge is 2.22. The van der Waals surface area contributed by atoms with E-state index in [1.807, 2.05) is 6.92 Å². The summed E-state index contributed by atoms with van der Waals surface area (Å²) in [6.07, 6.45) is 2.32. The number of hydrogen-bond acceptors (Lipinski definition) is 2. The van der Waals surface area contributed by atoms with Gasteiger partial charge in [0.2, 0.25) is 0 Å². The molecule has 0 aliphatic carbocycles. The van der Waals surface area contributed by atoms with Crippen LogP contribution in [0.25, 0.3) is 0 Å². The maximum Gasteiger partial charge on any atom is 0.162 e. The molecular weight excluding hydrogens is 248 g/mol. The van der Waals surface area contributed by atoms with Crippen LogP contribution >= 0.6 is 0 Å². The van der Waals surface area contributed by atoms with E-state index in [-0.39, 0.29) is 12.1 Å². The summed E-state index contributed by atoms with van der Waals surface area (Å²) < 4.78 is 32.4. The third-order valence-electron chi connectivity index (χ3n) is 3.26. The predicted molar refractivity (Wildman–Crippen MR) is 73.2 cm³/mol. The van der Waals surface area contributed by atoms with E-state index in [0.29, 0.717) is 12.0 Å². The maximum atomic E-state index is 13.7. The van der Waals surface area contributed by atoms with Crippen LogP contribution < -0.4 is 5.32 Å². The molecule has 0 bridgehead atoms. The predicted octanol–water partition coefficient (Wildman–Crippen LogP) is 3.30. The molecule has 2 atom stereocenters. The summed E-state index contributed by atoms with van der Waals surface area (Å²) in [6, 6.07) is 4.30. The second-order valence-corrected chi connectivity index (χ2v) is 4.64. The molecule has 0 aliphatic heterocycles. The first kappa shape index (κ1) is 16.1. The Morgan fingerprint density at radius 1 is 1.26 bits per heavy atom. The highest BCUT2D eigenvalue weighted by Crippen LogP contribution is 2.17. The van der Waals surface area contributed by atoms with Crippen LogP contribution in [0, 0.1) is 11.6 Å². The molecule has 0 saturated heterocycles. The molecule has 0 radical (unpaired) electrons. The molecule has 1 aromatic carbocycles. The second kappa shape index (κ2) is 8.23. The lowest BCUT2D eigenvalue weighted by Crippen LogP contribution is -2.42. The van der Waals surface area contributed by atoms with Crippen molar-refractivity contribution in [3.8, 4) is 0 Å². The molecule has 0 heterocycles. The van der Waals surface area contributed by atoms with E-state index < -0.39 is 11.6 Å². The first-order valence-electron chi connectivity index (χ1n) is 6.83. The van der Waals surface area contributed by atoms with Gasteiger partial charge in [-0.3, -0.25) is 0 Å². The monoisotopic (exact) mass is 271 g/mol. The normalized spacial score (nSPS) is 14.4. The standard InChI is InChI=1S/C15H23F2NO/c1-4-7-14(19-3)13(18-5-2)10-11-8-6-9-12(16)15(11)17/h6,8-9,13-14,18H,4-5,7,10H2,1-3H3. The average molecular weight is 271 g/mol. The van der Waals surface area contributed by atoms with Crippen molar-refractivity contribution >= 4 is 0 Å². The fourth-order valence-corrected chi connectivity index (χ4v) is 2.31. The summed E-state index contributed by atoms with van der Waals surface area (Å²) in [5, 5.41) is 3.30. The van der Waals surface area contributed by atoms with E-state index in [1.54, 1.807) is 19.2 Å². The third kappa shape index (κ3) is 4.55. The summed E-state index contributed by atoms with van der Waals surface area (Å²) in [7, 11) is 1.66. The van der Waals surface area contributed by atoms with Gasteiger partial charge in [0, 0.05) is 13.2 Å². The van der Waals surface area contributed by atoms with Gasteiger partial charge < -0.3 is 10.1 Å². The van der Waals surface area contributed by atoms with Crippen LogP contribution in [0.4, 0.5) is 8.78 Å². The van der Waals surface area contributed by atoms with Gasteiger partial charge in [0.25, 0.3) is 0 Å². The van der Waals surface area contributed by atoms with E-state index in [4.69, 9.17) is 4.74 Å². The van der Waals surface area contributed by atoms with Crippen molar-refractivity contribution < 1.29 is 13.5 Å². The van der Waals surface area contributed by atoms with E-state index in [2.05, 4.69) is 12.2 Å². The van der Waals surface area contributed by atoms with Crippen molar-refractivity contribution in [2.45, 2.75) is 45.3 Å². The summed E-state index contributed by atoms with van der Waals surface area (Å²) in [6.45, 7) is 4.84. The molecule has 0 spiro atoms. The smallest absolute Gasteiger partial charge is 0.162 e. The van der Waals surface area contributed by atoms with E-state index in [1.165, 1.54) is 0 Å². The molecular formula is C15H23F2NO. The Labute approximate surface area is 114 Å². The molecule has 0 aliphatic rings. The number of rotatable bonds is 8. The van der Waals surface area contributed by atoms with Crippen molar-refractivity contribution in [2.75, 3.05) is 13.7 Å². The molecule has 108 valence electrons. The van der Waals surface area contributed by atoms with Gasteiger partial charge in [-0.05, 0) is 31.0 Å². The number of nitrogens with one attached hydrogen (secondary N) is 1. The topological polar surface area (TPSA) is 21.3 Å². The van der Waals surface area contributed by atoms with E-state index >= 15 is 0 Å². The van der Waals surface area contributed by atoms with Crippen LogP contribution in [-0.4, -0.2) is 25.8 Å². The first-order valence-corrected chi connectivity index (χ1v) is 6.83. The maximum absolute atomic E-state index is 13.7. The number of halogens is 2. The molecule has 1 N–H and O–H groups in total. The van der Waals surface area contributed by atoms with Crippen molar-refractivity contribution in [1.29, 1.82) is 0 Å². The SMILES string of the molecule is CCCC(OC)C(Cc1cccc(F)c1F)NCC. The number of methoxy groups -OCH3 is 1. The lowest BCUT2D eigenvalue weighted by Gasteiger charge is -2.27. The molecule has 4 heteroatoms. The molecule has 2 nitrogen and oxygen atoms in total. The Morgan fingerprint density at radius 2 is 2.00 bits per heavy atom. The minimum absolute atomic E-state index is 0.00705. The quantitative estimate of drug-likeness (QED) is 0.783. The van der Waals surface area contributed by atoms with Crippen LogP contribution in [0.3, 0.4) is 0 Å². The van der Waals surface area contributed by atoms with Crippen molar-refractivity contribution in [3.05, 3.63) is 35.4 Å². The molecule has 0 amide bonds. The molecule has 0 fully saturated rings. The molecule has 19 heavy (non-hydrogen) atoms. The summed E-state index contributed by atoms with van der Waals surface area (Å²) in [4.78, 5) is 0. The lowest BCUT2D eigenvalue weighted by molar-refractivity contribution is 0.0611. The highest BCUT2D eigenvalue weighted by atomic mass is 19.2. The van der Waals surface area contributed by atoms with Crippen molar-refractivity contribution in [3.63, 3.8) is 0 Å². The van der Waals surface area contributed by atoms with Crippen molar-refractivity contribution in [2.24, 2.45) is 0 Å². The summed E-state index contributed by atoms with van der Waals surface area (Å²) >= 11 is 0. The van der Waals surface area contributed by atoms with Gasteiger partial charge in [0.05, 0.1) is 6.10 Å². The summed E-state index contributed by atoms with van der Waals surface area (Å²) in [5.74, 6) is -1.55. The van der Waals surface area contributed by atoms with Gasteiger partial charge in [-0.1, -0.05) is 32.4 Å². The van der Waals surface area contributed by atoms with Crippen LogP contribution in [0.15, 0.2) is 18.2 Å². The Bertz CT molecular complexity index is 384. The number of hydrogen-bond donors (Lipinski definition) is 1. The van der Waals surface area contributed by atoms with Gasteiger partial charge >= 0.3 is 0 Å². The van der Waals surface area contributed by atoms with Crippen LogP contribution in [0.2, 0.25) is 0 Å². The Kier molecular flexibility index (Phi) is 6.95. The molecule has 1 aromatic rings. The molecule has 1 rings (SSSR count). The van der Waals surface area contributed by atoms with Crippen LogP contribution in [0.5, 0.6) is 0 Å². The van der Waals surface area contributed by atoms with Gasteiger partial charge in [-0.15, -0.1) is 0 Å². The Morgan fingerprint density at radius 3 is 2.58 bits per heavy atom. The number of benzene rings is 1. The van der Waals surface area contributed by atoms with Crippen molar-refractivity contribution in [1.82, 2.24) is 5.32 Å². The van der Waals surface area contributed by atoms with Gasteiger partial charge in [0.1, 0.15) is 0 Å². The number of ether oxygens (including phenoxy) is 1. The average Bonchev–Trinajstić information content (AvgIpc) is 2.40. The minimum Gasteiger partial charge on any atom is -0.380 e. The second-order valence-electron chi connectivity index (χ2n) is 4.64. The summed E-state index contributed by atoms with van der Waals surface area (Å²) in [5.41, 5.74) is 0.393. The highest BCUT2D eigenvalue weighted by molar-refractivity contribution is 5.20. The van der Waals surface area contributed by atoms with Gasteiger partial charge in [-0.25, -0.2) is 8.78 Å². The first-order chi connectivity index (χ1) is 9.13. The Balaban J connectivity index is 2.85. The molecule has 2 unspecified atom stereocenters. The fourth-order valence-electron chi connectivity index (χ4n) is 2.31. The van der Waals surface area contributed by atoms with E-state index in [0.717, 1.165) is 25.5 Å². The third-order valence-corrected chi connectivity index (χ3v) is 3.26.